The average Bonchev–Trinajstić information content (AvgIpc) is 2.69. The molecule has 1 aliphatic heterocycles. The highest BCUT2D eigenvalue weighted by Crippen LogP contribution is 2.25. The number of pyridine rings is 1. The maximum Gasteiger partial charge on any atom is 0.318 e. The summed E-state index contributed by atoms with van der Waals surface area (Å²) in [5, 5.41) is 2.99. The van der Waals surface area contributed by atoms with Gasteiger partial charge in [0.15, 0.2) is 0 Å². The quantitative estimate of drug-likeness (QED) is 0.916. The molecule has 1 saturated heterocycles. The third kappa shape index (κ3) is 4.50. The van der Waals surface area contributed by atoms with Crippen molar-refractivity contribution >= 4 is 11.9 Å². The predicted octanol–water partition coefficient (Wildman–Crippen LogP) is 2.58. The second-order valence-electron chi connectivity index (χ2n) is 7.07. The van der Waals surface area contributed by atoms with Crippen molar-refractivity contribution < 1.29 is 9.59 Å². The Hall–Kier alpha value is -2.11. The summed E-state index contributed by atoms with van der Waals surface area (Å²) in [6, 6.07) is 5.48. The van der Waals surface area contributed by atoms with Gasteiger partial charge in [0, 0.05) is 38.3 Å². The molecule has 6 heteroatoms. The highest BCUT2D eigenvalue weighted by Gasteiger charge is 2.30. The molecular formula is C19H28N4O2. The smallest absolute Gasteiger partial charge is 0.318 e. The fraction of sp³-hybridized carbons (Fsp3) is 0.632. The van der Waals surface area contributed by atoms with Crippen LogP contribution in [0.2, 0.25) is 0 Å². The van der Waals surface area contributed by atoms with Crippen LogP contribution >= 0.6 is 0 Å². The summed E-state index contributed by atoms with van der Waals surface area (Å²) in [4.78, 5) is 33.1. The van der Waals surface area contributed by atoms with Gasteiger partial charge in [0.25, 0.3) is 0 Å². The van der Waals surface area contributed by atoms with Gasteiger partial charge in [-0.25, -0.2) is 4.79 Å². The molecule has 1 atom stereocenters. The van der Waals surface area contributed by atoms with E-state index in [4.69, 9.17) is 0 Å². The number of urea groups is 1. The summed E-state index contributed by atoms with van der Waals surface area (Å²) in [5.74, 6) is 0.500. The predicted molar refractivity (Wildman–Crippen MR) is 95.9 cm³/mol. The number of carbonyl (C=O) groups excluding carboxylic acids is 2. The van der Waals surface area contributed by atoms with E-state index in [0.717, 1.165) is 18.5 Å². The summed E-state index contributed by atoms with van der Waals surface area (Å²) in [7, 11) is 0. The molecule has 1 aliphatic carbocycles. The van der Waals surface area contributed by atoms with Gasteiger partial charge < -0.3 is 15.1 Å². The van der Waals surface area contributed by atoms with Gasteiger partial charge in [-0.15, -0.1) is 0 Å². The molecule has 6 nitrogen and oxygen atoms in total. The van der Waals surface area contributed by atoms with Gasteiger partial charge in [-0.1, -0.05) is 25.3 Å². The Balaban J connectivity index is 1.46. The summed E-state index contributed by atoms with van der Waals surface area (Å²) in [6.45, 7) is 4.41. The minimum atomic E-state index is -0.129. The van der Waals surface area contributed by atoms with E-state index in [1.54, 1.807) is 11.1 Å². The lowest BCUT2D eigenvalue weighted by molar-refractivity contribution is -0.138. The average molecular weight is 344 g/mol. The van der Waals surface area contributed by atoms with Crippen LogP contribution in [0.4, 0.5) is 4.79 Å². The van der Waals surface area contributed by atoms with E-state index in [2.05, 4.69) is 10.3 Å². The maximum atomic E-state index is 12.6. The minimum absolute atomic E-state index is 0.0806. The number of hydrogen-bond donors (Lipinski definition) is 1. The zero-order chi connectivity index (χ0) is 17.6. The molecule has 2 heterocycles. The van der Waals surface area contributed by atoms with Gasteiger partial charge >= 0.3 is 6.03 Å². The summed E-state index contributed by atoms with van der Waals surface area (Å²) in [6.07, 6.45) is 7.39. The molecule has 0 aromatic carbocycles. The number of hydrogen-bond acceptors (Lipinski definition) is 3. The third-order valence-corrected chi connectivity index (χ3v) is 5.30. The Labute approximate surface area is 149 Å². The van der Waals surface area contributed by atoms with Gasteiger partial charge in [-0.2, -0.15) is 0 Å². The number of nitrogens with one attached hydrogen (secondary N) is 1. The van der Waals surface area contributed by atoms with E-state index in [9.17, 15) is 9.59 Å². The van der Waals surface area contributed by atoms with Crippen molar-refractivity contribution in [2.75, 3.05) is 26.2 Å². The third-order valence-electron chi connectivity index (χ3n) is 5.30. The topological polar surface area (TPSA) is 65.5 Å². The van der Waals surface area contributed by atoms with Crippen molar-refractivity contribution in [1.82, 2.24) is 20.1 Å². The van der Waals surface area contributed by atoms with Crippen LogP contribution in [-0.2, 0) is 4.79 Å². The second kappa shape index (κ2) is 8.32. The molecule has 0 spiro atoms. The van der Waals surface area contributed by atoms with E-state index in [-0.39, 0.29) is 18.0 Å². The summed E-state index contributed by atoms with van der Waals surface area (Å²) < 4.78 is 0. The van der Waals surface area contributed by atoms with E-state index >= 15 is 0 Å². The first kappa shape index (κ1) is 17.7. The zero-order valence-electron chi connectivity index (χ0n) is 15.0. The van der Waals surface area contributed by atoms with Crippen molar-refractivity contribution in [1.29, 1.82) is 0 Å². The Morgan fingerprint density at radius 1 is 1.08 bits per heavy atom. The van der Waals surface area contributed by atoms with Crippen molar-refractivity contribution in [3.63, 3.8) is 0 Å². The molecule has 1 aromatic rings. The molecule has 0 bridgehead atoms. The van der Waals surface area contributed by atoms with Crippen molar-refractivity contribution in [3.05, 3.63) is 30.1 Å². The number of amides is 3. The van der Waals surface area contributed by atoms with Crippen LogP contribution in [0, 0.1) is 5.92 Å². The Morgan fingerprint density at radius 3 is 2.40 bits per heavy atom. The molecular weight excluding hydrogens is 316 g/mol. The summed E-state index contributed by atoms with van der Waals surface area (Å²) >= 11 is 0. The lowest BCUT2D eigenvalue weighted by atomic mass is 9.88. The van der Waals surface area contributed by atoms with Crippen LogP contribution in [0.1, 0.15) is 50.8 Å². The first-order valence-electron chi connectivity index (χ1n) is 9.40. The fourth-order valence-corrected chi connectivity index (χ4v) is 3.72. The molecule has 2 aliphatic rings. The van der Waals surface area contributed by atoms with Crippen molar-refractivity contribution in [3.8, 4) is 0 Å². The molecule has 3 amide bonds. The molecule has 1 N–H and O–H groups in total. The molecule has 3 rings (SSSR count). The Morgan fingerprint density at radius 2 is 1.76 bits per heavy atom. The number of aromatic nitrogens is 1. The van der Waals surface area contributed by atoms with Crippen LogP contribution in [0.5, 0.6) is 0 Å². The number of piperazine rings is 1. The molecule has 136 valence electrons. The molecule has 1 saturated carbocycles. The first-order chi connectivity index (χ1) is 12.1. The molecule has 25 heavy (non-hydrogen) atoms. The highest BCUT2D eigenvalue weighted by atomic mass is 16.2. The zero-order valence-corrected chi connectivity index (χ0v) is 15.0. The van der Waals surface area contributed by atoms with E-state index in [1.165, 1.54) is 19.3 Å². The van der Waals surface area contributed by atoms with Gasteiger partial charge in [0.2, 0.25) is 5.91 Å². The molecule has 1 aromatic heterocycles. The standard InChI is InChI=1S/C19H28N4O2/c1-15(17-9-5-6-10-20-17)21-19(25)23-13-11-22(12-14-23)18(24)16-7-3-2-4-8-16/h5-6,9-10,15-16H,2-4,7-8,11-14H2,1H3,(H,21,25). The lowest BCUT2D eigenvalue weighted by Crippen LogP contribution is -2.54. The van der Waals surface area contributed by atoms with Crippen molar-refractivity contribution in [2.24, 2.45) is 5.92 Å². The van der Waals surface area contributed by atoms with Crippen LogP contribution in [0.3, 0.4) is 0 Å². The Bertz CT molecular complexity index is 578. The molecule has 1 unspecified atom stereocenters. The van der Waals surface area contributed by atoms with E-state index < -0.39 is 0 Å². The maximum absolute atomic E-state index is 12.6. The monoisotopic (exact) mass is 344 g/mol. The van der Waals surface area contributed by atoms with Crippen LogP contribution in [0.25, 0.3) is 0 Å². The number of rotatable bonds is 3. The normalized spacial score (nSPS) is 20.2. The lowest BCUT2D eigenvalue weighted by Gasteiger charge is -2.37. The Kier molecular flexibility index (Phi) is 5.89. The SMILES string of the molecule is CC(NC(=O)N1CCN(C(=O)C2CCCCC2)CC1)c1ccccn1. The fourth-order valence-electron chi connectivity index (χ4n) is 3.72. The van der Waals surface area contributed by atoms with Gasteiger partial charge in [0.1, 0.15) is 0 Å². The largest absolute Gasteiger partial charge is 0.339 e. The number of nitrogens with zero attached hydrogens (tertiary/aromatic N) is 3. The number of carbonyl (C=O) groups is 2. The molecule has 2 fully saturated rings. The second-order valence-corrected chi connectivity index (χ2v) is 7.07. The van der Waals surface area contributed by atoms with E-state index in [0.29, 0.717) is 32.1 Å². The molecule has 0 radical (unpaired) electrons. The van der Waals surface area contributed by atoms with Gasteiger partial charge in [0.05, 0.1) is 11.7 Å². The van der Waals surface area contributed by atoms with Gasteiger partial charge in [-0.3, -0.25) is 9.78 Å². The van der Waals surface area contributed by atoms with E-state index in [1.807, 2.05) is 30.0 Å². The first-order valence-corrected chi connectivity index (χ1v) is 9.40. The van der Waals surface area contributed by atoms with Crippen molar-refractivity contribution in [2.45, 2.75) is 45.1 Å². The van der Waals surface area contributed by atoms with Crippen LogP contribution in [0.15, 0.2) is 24.4 Å². The highest BCUT2D eigenvalue weighted by molar-refractivity contribution is 5.80. The van der Waals surface area contributed by atoms with Crippen LogP contribution in [-0.4, -0.2) is 52.9 Å². The summed E-state index contributed by atoms with van der Waals surface area (Å²) in [5.41, 5.74) is 0.849. The van der Waals surface area contributed by atoms with Crippen LogP contribution < -0.4 is 5.32 Å². The minimum Gasteiger partial charge on any atom is -0.339 e. The van der Waals surface area contributed by atoms with Gasteiger partial charge in [-0.05, 0) is 31.9 Å².